The Kier molecular flexibility index (Phi) is 6.63. The Bertz CT molecular complexity index is 1680. The maximum Gasteiger partial charge on any atom is 0.416 e. The number of carbonyl (C=O) groups is 1. The first-order valence-electron chi connectivity index (χ1n) is 12.1. The monoisotopic (exact) mass is 535 g/mol. The number of nitrogens with zero attached hydrogens (tertiary/aromatic N) is 2. The van der Waals surface area contributed by atoms with E-state index >= 15 is 0 Å². The average molecular weight is 536 g/mol. The number of carbonyl (C=O) groups excluding carboxylic acids is 1. The van der Waals surface area contributed by atoms with Gasteiger partial charge in [-0.05, 0) is 58.7 Å². The van der Waals surface area contributed by atoms with Crippen LogP contribution >= 0.6 is 0 Å². The van der Waals surface area contributed by atoms with E-state index in [0.717, 1.165) is 22.3 Å². The average Bonchev–Trinajstić information content (AvgIpc) is 3.19. The Balaban J connectivity index is 1.61. The fourth-order valence-corrected chi connectivity index (χ4v) is 4.92. The minimum atomic E-state index is -4.48. The van der Waals surface area contributed by atoms with Crippen molar-refractivity contribution in [3.8, 4) is 16.9 Å². The summed E-state index contributed by atoms with van der Waals surface area (Å²) in [4.78, 5) is 38.3. The maximum absolute atomic E-state index is 13.2. The van der Waals surface area contributed by atoms with Gasteiger partial charge in [0.2, 0.25) is 0 Å². The van der Waals surface area contributed by atoms with Gasteiger partial charge < -0.3 is 4.74 Å². The van der Waals surface area contributed by atoms with Crippen molar-refractivity contribution in [3.63, 3.8) is 0 Å². The molecule has 1 heterocycles. The fourth-order valence-electron chi connectivity index (χ4n) is 4.92. The molecule has 10 heteroatoms. The third-order valence-corrected chi connectivity index (χ3v) is 6.99. The molecule has 3 aromatic carbocycles. The minimum Gasteiger partial charge on any atom is -0.497 e. The molecule has 0 saturated heterocycles. The van der Waals surface area contributed by atoms with Crippen LogP contribution < -0.4 is 16.1 Å². The van der Waals surface area contributed by atoms with Crippen molar-refractivity contribution < 1.29 is 22.7 Å². The highest BCUT2D eigenvalue weighted by Crippen LogP contribution is 2.42. The number of hydrogen-bond donors (Lipinski definition) is 1. The van der Waals surface area contributed by atoms with E-state index in [-0.39, 0.29) is 18.1 Å². The number of nitrogens with one attached hydrogen (secondary N) is 1. The molecule has 5 rings (SSSR count). The van der Waals surface area contributed by atoms with Gasteiger partial charge in [-0.25, -0.2) is 23.9 Å². The van der Waals surface area contributed by atoms with E-state index in [4.69, 9.17) is 4.74 Å². The lowest BCUT2D eigenvalue weighted by Gasteiger charge is -2.29. The number of aromatic nitrogens is 3. The Morgan fingerprint density at radius 1 is 0.974 bits per heavy atom. The van der Waals surface area contributed by atoms with Gasteiger partial charge in [-0.1, -0.05) is 42.5 Å². The first-order valence-corrected chi connectivity index (χ1v) is 12.1. The topological polar surface area (TPSA) is 86.1 Å². The van der Waals surface area contributed by atoms with Crippen LogP contribution in [0, 0.1) is 0 Å². The lowest BCUT2D eigenvalue weighted by Crippen LogP contribution is -2.30. The third kappa shape index (κ3) is 4.85. The molecule has 2 atom stereocenters. The molecule has 1 aliphatic carbocycles. The number of H-pyrrole nitrogens is 1. The normalized spacial score (nSPS) is 16.6. The molecule has 0 saturated carbocycles. The molecule has 0 aliphatic heterocycles. The summed E-state index contributed by atoms with van der Waals surface area (Å²) in [7, 11) is 2.89. The number of allylic oxidation sites excluding steroid dienone is 2. The van der Waals surface area contributed by atoms with Crippen LogP contribution in [-0.2, 0) is 13.2 Å². The summed E-state index contributed by atoms with van der Waals surface area (Å²) < 4.78 is 46.9. The van der Waals surface area contributed by atoms with Crippen LogP contribution in [0.3, 0.4) is 0 Å². The van der Waals surface area contributed by atoms with Crippen molar-refractivity contribution in [2.45, 2.75) is 24.6 Å². The van der Waals surface area contributed by atoms with Crippen molar-refractivity contribution in [2.24, 2.45) is 7.05 Å². The Hall–Kier alpha value is -4.60. The number of alkyl halides is 3. The molecule has 1 aromatic heterocycles. The zero-order valence-electron chi connectivity index (χ0n) is 21.0. The quantitative estimate of drug-likeness (QED) is 0.276. The Labute approximate surface area is 220 Å². The molecular formula is C29H24F3N3O4. The van der Waals surface area contributed by atoms with Crippen LogP contribution in [0.4, 0.5) is 13.2 Å². The van der Waals surface area contributed by atoms with Crippen molar-refractivity contribution in [1.29, 1.82) is 0 Å². The first kappa shape index (κ1) is 26.0. The van der Waals surface area contributed by atoms with E-state index in [9.17, 15) is 27.6 Å². The number of Topliss-reactive ketones (excluding diaryl/α,β-unsaturated/α-hetero) is 1. The summed E-state index contributed by atoms with van der Waals surface area (Å²) in [5.74, 6) is 0.147. The number of rotatable bonds is 6. The minimum absolute atomic E-state index is 0.109. The standard InChI is InChI=1S/C29H24F3N3O4/c1-34-27(37)33-35(28(34)38)24-15-10-19(16-25(36)18-8-13-21(39-2)14-9-18)23-5-3-4-22(26(23)24)17-6-11-20(12-7-17)29(30,31)32/h3-15,19,24H,16H2,1-2H3,(H,33,37)/t19-,24-/m1/s1. The summed E-state index contributed by atoms with van der Waals surface area (Å²) in [5, 5.41) is 2.56. The van der Waals surface area contributed by atoms with E-state index in [1.165, 1.54) is 31.0 Å². The number of halogens is 3. The molecule has 200 valence electrons. The second-order valence-corrected chi connectivity index (χ2v) is 9.30. The van der Waals surface area contributed by atoms with Gasteiger partial charge in [0.25, 0.3) is 0 Å². The number of benzene rings is 3. The van der Waals surface area contributed by atoms with Crippen LogP contribution in [0.5, 0.6) is 5.75 Å². The molecule has 0 fully saturated rings. The lowest BCUT2D eigenvalue weighted by molar-refractivity contribution is -0.137. The SMILES string of the molecule is COc1ccc(C(=O)C[C@H]2C=C[C@@H](n3[nH]c(=O)n(C)c3=O)c3c(-c4ccc(C(F)(F)F)cc4)cccc32)cc1. The predicted octanol–water partition coefficient (Wildman–Crippen LogP) is 5.09. The molecule has 7 nitrogen and oxygen atoms in total. The molecule has 0 unspecified atom stereocenters. The van der Waals surface area contributed by atoms with Crippen LogP contribution in [0.15, 0.2) is 88.5 Å². The highest BCUT2D eigenvalue weighted by Gasteiger charge is 2.32. The molecule has 0 radical (unpaired) electrons. The van der Waals surface area contributed by atoms with E-state index in [2.05, 4.69) is 5.10 Å². The summed E-state index contributed by atoms with van der Waals surface area (Å²) in [6, 6.07) is 16.1. The van der Waals surface area contributed by atoms with Gasteiger partial charge >= 0.3 is 17.6 Å². The van der Waals surface area contributed by atoms with E-state index in [1.54, 1.807) is 42.5 Å². The number of methoxy groups -OCH3 is 1. The second-order valence-electron chi connectivity index (χ2n) is 9.30. The van der Waals surface area contributed by atoms with Gasteiger partial charge in [0.15, 0.2) is 5.78 Å². The summed E-state index contributed by atoms with van der Waals surface area (Å²) >= 11 is 0. The van der Waals surface area contributed by atoms with E-state index in [0.29, 0.717) is 28.0 Å². The van der Waals surface area contributed by atoms with E-state index in [1.807, 2.05) is 12.1 Å². The molecule has 0 spiro atoms. The highest BCUT2D eigenvalue weighted by atomic mass is 19.4. The summed E-state index contributed by atoms with van der Waals surface area (Å²) in [6.45, 7) is 0. The van der Waals surface area contributed by atoms with Gasteiger partial charge in [0.05, 0.1) is 18.7 Å². The van der Waals surface area contributed by atoms with Gasteiger partial charge in [-0.3, -0.25) is 4.79 Å². The van der Waals surface area contributed by atoms with Crippen molar-refractivity contribution in [2.75, 3.05) is 7.11 Å². The number of ketones is 1. The Morgan fingerprint density at radius 3 is 2.26 bits per heavy atom. The van der Waals surface area contributed by atoms with Gasteiger partial charge in [-0.2, -0.15) is 13.2 Å². The molecule has 0 bridgehead atoms. The van der Waals surface area contributed by atoms with Crippen molar-refractivity contribution in [3.05, 3.63) is 122 Å². The molecular weight excluding hydrogens is 511 g/mol. The van der Waals surface area contributed by atoms with Gasteiger partial charge in [0.1, 0.15) is 5.75 Å². The lowest BCUT2D eigenvalue weighted by atomic mass is 9.78. The molecule has 4 aromatic rings. The van der Waals surface area contributed by atoms with Crippen molar-refractivity contribution in [1.82, 2.24) is 14.3 Å². The largest absolute Gasteiger partial charge is 0.497 e. The number of fused-ring (bicyclic) bond motifs is 1. The predicted molar refractivity (Wildman–Crippen MR) is 139 cm³/mol. The number of ether oxygens (including phenoxy) is 1. The number of hydrogen-bond acceptors (Lipinski definition) is 4. The van der Waals surface area contributed by atoms with Crippen LogP contribution in [0.2, 0.25) is 0 Å². The second kappa shape index (κ2) is 9.94. The van der Waals surface area contributed by atoms with Crippen LogP contribution in [0.25, 0.3) is 11.1 Å². The Morgan fingerprint density at radius 2 is 1.67 bits per heavy atom. The first-order chi connectivity index (χ1) is 18.6. The summed E-state index contributed by atoms with van der Waals surface area (Å²) in [5.41, 5.74) is 1.01. The molecule has 1 aliphatic rings. The highest BCUT2D eigenvalue weighted by molar-refractivity contribution is 5.97. The molecule has 39 heavy (non-hydrogen) atoms. The van der Waals surface area contributed by atoms with Crippen LogP contribution in [-0.4, -0.2) is 27.2 Å². The van der Waals surface area contributed by atoms with Gasteiger partial charge in [0, 0.05) is 24.9 Å². The van der Waals surface area contributed by atoms with Crippen LogP contribution in [0.1, 0.15) is 45.4 Å². The molecule has 0 amide bonds. The number of aromatic amines is 1. The van der Waals surface area contributed by atoms with E-state index < -0.39 is 29.2 Å². The zero-order valence-corrected chi connectivity index (χ0v) is 21.0. The van der Waals surface area contributed by atoms with Crippen molar-refractivity contribution >= 4 is 5.78 Å². The summed E-state index contributed by atoms with van der Waals surface area (Å²) in [6.07, 6.45) is -0.801. The van der Waals surface area contributed by atoms with Gasteiger partial charge in [-0.15, -0.1) is 0 Å². The third-order valence-electron chi connectivity index (χ3n) is 6.99. The molecule has 1 N–H and O–H groups in total. The zero-order chi connectivity index (χ0) is 27.9. The smallest absolute Gasteiger partial charge is 0.416 e. The fraction of sp³-hybridized carbons (Fsp3) is 0.207. The maximum atomic E-state index is 13.2.